The van der Waals surface area contributed by atoms with Crippen molar-refractivity contribution in [1.29, 1.82) is 0 Å². The Kier molecular flexibility index (Phi) is 5.26. The van der Waals surface area contributed by atoms with E-state index in [0.29, 0.717) is 0 Å². The molecule has 3 rings (SSSR count). The van der Waals surface area contributed by atoms with Crippen molar-refractivity contribution in [1.82, 2.24) is 10.3 Å². The minimum Gasteiger partial charge on any atom is -0.372 e. The molecule has 0 aromatic heterocycles. The highest BCUT2D eigenvalue weighted by Crippen LogP contribution is 2.28. The van der Waals surface area contributed by atoms with Crippen molar-refractivity contribution < 1.29 is 9.59 Å². The average Bonchev–Trinajstić information content (AvgIpc) is 2.92. The molecule has 0 saturated carbocycles. The Morgan fingerprint density at radius 3 is 2.26 bits per heavy atom. The van der Waals surface area contributed by atoms with E-state index in [1.165, 1.54) is 6.21 Å². The van der Waals surface area contributed by atoms with Crippen LogP contribution in [0.15, 0.2) is 59.7 Å². The van der Waals surface area contributed by atoms with E-state index in [-0.39, 0.29) is 0 Å². The lowest BCUT2D eigenvalue weighted by atomic mass is 9.92. The number of urea groups is 1. The predicted molar refractivity (Wildman–Crippen MR) is 107 cm³/mol. The van der Waals surface area contributed by atoms with Crippen molar-refractivity contribution in [2.24, 2.45) is 5.10 Å². The number of hydrazone groups is 1. The maximum atomic E-state index is 12.8. The summed E-state index contributed by atoms with van der Waals surface area (Å²) in [6.45, 7) is 7.78. The van der Waals surface area contributed by atoms with Crippen LogP contribution >= 0.6 is 0 Å². The maximum absolute atomic E-state index is 12.8. The second-order valence-corrected chi connectivity index (χ2v) is 6.55. The van der Waals surface area contributed by atoms with Gasteiger partial charge in [-0.2, -0.15) is 5.10 Å². The molecule has 0 spiro atoms. The van der Waals surface area contributed by atoms with Gasteiger partial charge in [0.25, 0.3) is 5.91 Å². The SMILES string of the molecule is CCN(CC)c1ccc(/C=N\N2C(=O)N[C@@](C)(c3ccccc3)C2=O)cc1. The lowest BCUT2D eigenvalue weighted by molar-refractivity contribution is -0.131. The van der Waals surface area contributed by atoms with E-state index in [1.807, 2.05) is 54.6 Å². The Balaban J connectivity index is 1.77. The molecule has 3 amide bonds. The van der Waals surface area contributed by atoms with Gasteiger partial charge in [0.2, 0.25) is 0 Å². The largest absolute Gasteiger partial charge is 0.372 e. The van der Waals surface area contributed by atoms with Gasteiger partial charge >= 0.3 is 6.03 Å². The lowest BCUT2D eigenvalue weighted by Gasteiger charge is -2.21. The summed E-state index contributed by atoms with van der Waals surface area (Å²) >= 11 is 0. The summed E-state index contributed by atoms with van der Waals surface area (Å²) in [5, 5.41) is 7.76. The number of amides is 3. The van der Waals surface area contributed by atoms with Crippen LogP contribution in [-0.4, -0.2) is 36.3 Å². The molecule has 1 aliphatic heterocycles. The summed E-state index contributed by atoms with van der Waals surface area (Å²) in [5.41, 5.74) is 1.57. The first-order valence-electron chi connectivity index (χ1n) is 9.10. The number of hydrogen-bond acceptors (Lipinski definition) is 4. The van der Waals surface area contributed by atoms with Crippen LogP contribution in [0.25, 0.3) is 0 Å². The number of benzene rings is 2. The lowest BCUT2D eigenvalue weighted by Crippen LogP contribution is -2.40. The molecule has 27 heavy (non-hydrogen) atoms. The Morgan fingerprint density at radius 1 is 1.04 bits per heavy atom. The normalized spacial score (nSPS) is 19.6. The third-order valence-electron chi connectivity index (χ3n) is 4.86. The van der Waals surface area contributed by atoms with Crippen LogP contribution in [0.4, 0.5) is 10.5 Å². The highest BCUT2D eigenvalue weighted by Gasteiger charge is 2.49. The Morgan fingerprint density at radius 2 is 1.67 bits per heavy atom. The van der Waals surface area contributed by atoms with Gasteiger partial charge in [-0.1, -0.05) is 42.5 Å². The molecule has 0 aliphatic carbocycles. The first kappa shape index (κ1) is 18.6. The van der Waals surface area contributed by atoms with Gasteiger partial charge in [0.15, 0.2) is 0 Å². The molecule has 1 fully saturated rings. The molecule has 0 unspecified atom stereocenters. The van der Waals surface area contributed by atoms with E-state index in [9.17, 15) is 9.59 Å². The molecule has 0 bridgehead atoms. The Labute approximate surface area is 159 Å². The number of nitrogens with zero attached hydrogens (tertiary/aromatic N) is 3. The predicted octanol–water partition coefficient (Wildman–Crippen LogP) is 3.33. The fourth-order valence-corrected chi connectivity index (χ4v) is 3.18. The summed E-state index contributed by atoms with van der Waals surface area (Å²) in [5.74, 6) is -0.394. The first-order chi connectivity index (χ1) is 13.0. The molecule has 1 atom stereocenters. The van der Waals surface area contributed by atoms with Crippen molar-refractivity contribution in [3.05, 3.63) is 65.7 Å². The second-order valence-electron chi connectivity index (χ2n) is 6.55. The molecule has 140 valence electrons. The van der Waals surface area contributed by atoms with E-state index in [0.717, 1.165) is 34.9 Å². The van der Waals surface area contributed by atoms with Crippen LogP contribution in [0.3, 0.4) is 0 Å². The second kappa shape index (κ2) is 7.61. The zero-order valence-electron chi connectivity index (χ0n) is 15.8. The molecule has 2 aromatic carbocycles. The van der Waals surface area contributed by atoms with Gasteiger partial charge in [-0.3, -0.25) is 4.79 Å². The number of carbonyl (C=O) groups is 2. The summed E-state index contributed by atoms with van der Waals surface area (Å²) in [6.07, 6.45) is 1.53. The summed E-state index contributed by atoms with van der Waals surface area (Å²) in [6, 6.07) is 16.5. The number of imide groups is 1. The van der Waals surface area contributed by atoms with E-state index in [4.69, 9.17) is 0 Å². The smallest absolute Gasteiger partial charge is 0.346 e. The topological polar surface area (TPSA) is 65.0 Å². The molecular weight excluding hydrogens is 340 g/mol. The van der Waals surface area contributed by atoms with Gasteiger partial charge in [0, 0.05) is 18.8 Å². The molecule has 1 N–H and O–H groups in total. The van der Waals surface area contributed by atoms with Crippen LogP contribution in [0.2, 0.25) is 0 Å². The van der Waals surface area contributed by atoms with Gasteiger partial charge in [0.05, 0.1) is 6.21 Å². The van der Waals surface area contributed by atoms with Crippen molar-refractivity contribution >= 4 is 23.8 Å². The standard InChI is InChI=1S/C21H24N4O2/c1-4-24(5-2)18-13-11-16(12-14-18)15-22-25-19(26)21(3,23-20(25)27)17-9-7-6-8-10-17/h6-15H,4-5H2,1-3H3,(H,23,27)/b22-15-/t21-/m0/s1. The molecule has 1 aliphatic rings. The number of nitrogens with one attached hydrogen (secondary N) is 1. The highest BCUT2D eigenvalue weighted by molar-refractivity contribution is 6.07. The zero-order chi connectivity index (χ0) is 19.4. The van der Waals surface area contributed by atoms with E-state index >= 15 is 0 Å². The van der Waals surface area contributed by atoms with E-state index in [2.05, 4.69) is 29.2 Å². The maximum Gasteiger partial charge on any atom is 0.346 e. The molecule has 2 aromatic rings. The molecule has 1 saturated heterocycles. The summed E-state index contributed by atoms with van der Waals surface area (Å²) < 4.78 is 0. The van der Waals surface area contributed by atoms with Gasteiger partial charge in [-0.25, -0.2) is 4.79 Å². The van der Waals surface area contributed by atoms with Crippen LogP contribution in [0.5, 0.6) is 0 Å². The number of anilines is 1. The number of rotatable bonds is 6. The third kappa shape index (κ3) is 3.56. The average molecular weight is 364 g/mol. The first-order valence-corrected chi connectivity index (χ1v) is 9.10. The van der Waals surface area contributed by atoms with Gasteiger partial charge < -0.3 is 10.2 Å². The van der Waals surface area contributed by atoms with Gasteiger partial charge in [0.1, 0.15) is 5.54 Å². The van der Waals surface area contributed by atoms with Crippen LogP contribution < -0.4 is 10.2 Å². The zero-order valence-corrected chi connectivity index (χ0v) is 15.8. The van der Waals surface area contributed by atoms with Crippen molar-refractivity contribution in [3.8, 4) is 0 Å². The van der Waals surface area contributed by atoms with Crippen LogP contribution in [0, 0.1) is 0 Å². The molecular formula is C21H24N4O2. The van der Waals surface area contributed by atoms with Crippen molar-refractivity contribution in [2.75, 3.05) is 18.0 Å². The van der Waals surface area contributed by atoms with Crippen LogP contribution in [-0.2, 0) is 10.3 Å². The molecule has 6 heteroatoms. The number of carbonyl (C=O) groups excluding carboxylic acids is 2. The molecule has 1 heterocycles. The van der Waals surface area contributed by atoms with Crippen molar-refractivity contribution in [3.63, 3.8) is 0 Å². The van der Waals surface area contributed by atoms with E-state index < -0.39 is 17.5 Å². The molecule has 6 nitrogen and oxygen atoms in total. The fraction of sp³-hybridized carbons (Fsp3) is 0.286. The van der Waals surface area contributed by atoms with Crippen LogP contribution in [0.1, 0.15) is 31.9 Å². The Bertz CT molecular complexity index is 844. The highest BCUT2D eigenvalue weighted by atomic mass is 16.2. The quantitative estimate of drug-likeness (QED) is 0.632. The fourth-order valence-electron chi connectivity index (χ4n) is 3.18. The minimum absolute atomic E-state index is 0.394. The Hall–Kier alpha value is -3.15. The molecule has 0 radical (unpaired) electrons. The summed E-state index contributed by atoms with van der Waals surface area (Å²) in [7, 11) is 0. The number of hydrogen-bond donors (Lipinski definition) is 1. The minimum atomic E-state index is -1.11. The van der Waals surface area contributed by atoms with E-state index in [1.54, 1.807) is 6.92 Å². The monoisotopic (exact) mass is 364 g/mol. The van der Waals surface area contributed by atoms with Gasteiger partial charge in [-0.15, -0.1) is 5.01 Å². The summed E-state index contributed by atoms with van der Waals surface area (Å²) in [4.78, 5) is 27.3. The van der Waals surface area contributed by atoms with Gasteiger partial charge in [-0.05, 0) is 44.0 Å². The third-order valence-corrected chi connectivity index (χ3v) is 4.86. The van der Waals surface area contributed by atoms with Crippen molar-refractivity contribution in [2.45, 2.75) is 26.3 Å².